The van der Waals surface area contributed by atoms with Gasteiger partial charge in [-0.2, -0.15) is 12.7 Å². The van der Waals surface area contributed by atoms with Crippen LogP contribution < -0.4 is 9.62 Å². The Labute approximate surface area is 219 Å². The molecule has 0 spiro atoms. The minimum absolute atomic E-state index is 0.0731. The number of amides is 2. The number of rotatable bonds is 10. The molecule has 2 amide bonds. The standard InChI is InChI=1S/C27H37FN4O4S/c1-20-10-8-9-11-22(20)18-31(21(2)27(34)29-24-12-6-5-7-13-24)26(33)19-32(37(35,36)30(3)4)25-16-14-23(28)15-17-25/h8-11,14-17,21,24H,5-7,12-13,18-19H2,1-4H3,(H,29,34). The van der Waals surface area contributed by atoms with Gasteiger partial charge in [-0.3, -0.25) is 9.59 Å². The Morgan fingerprint density at radius 2 is 1.65 bits per heavy atom. The highest BCUT2D eigenvalue weighted by atomic mass is 32.2. The second-order valence-corrected chi connectivity index (χ2v) is 11.8. The van der Waals surface area contributed by atoms with Crippen molar-refractivity contribution >= 4 is 27.7 Å². The third-order valence-corrected chi connectivity index (χ3v) is 8.67. The third kappa shape index (κ3) is 7.29. The van der Waals surface area contributed by atoms with E-state index in [9.17, 15) is 22.4 Å². The molecule has 0 saturated heterocycles. The van der Waals surface area contributed by atoms with E-state index in [1.54, 1.807) is 6.92 Å². The van der Waals surface area contributed by atoms with Crippen molar-refractivity contribution in [2.24, 2.45) is 0 Å². The van der Waals surface area contributed by atoms with Crippen molar-refractivity contribution < 1.29 is 22.4 Å². The number of carbonyl (C=O) groups excluding carboxylic acids is 2. The number of benzene rings is 2. The van der Waals surface area contributed by atoms with Gasteiger partial charge in [0.2, 0.25) is 11.8 Å². The summed E-state index contributed by atoms with van der Waals surface area (Å²) < 4.78 is 41.8. The lowest BCUT2D eigenvalue weighted by Crippen LogP contribution is -2.53. The maximum Gasteiger partial charge on any atom is 0.304 e. The molecule has 37 heavy (non-hydrogen) atoms. The molecule has 10 heteroatoms. The molecule has 1 aliphatic carbocycles. The third-order valence-electron chi connectivity index (χ3n) is 6.85. The lowest BCUT2D eigenvalue weighted by molar-refractivity contribution is -0.139. The SMILES string of the molecule is Cc1ccccc1CN(C(=O)CN(c1ccc(F)cc1)S(=O)(=O)N(C)C)C(C)C(=O)NC1CCCCC1. The number of nitrogens with zero attached hydrogens (tertiary/aromatic N) is 3. The molecule has 202 valence electrons. The van der Waals surface area contributed by atoms with Crippen LogP contribution >= 0.6 is 0 Å². The molecule has 8 nitrogen and oxygen atoms in total. The Bertz CT molecular complexity index is 1180. The van der Waals surface area contributed by atoms with Gasteiger partial charge in [0.25, 0.3) is 0 Å². The van der Waals surface area contributed by atoms with Gasteiger partial charge in [0.1, 0.15) is 18.4 Å². The highest BCUT2D eigenvalue weighted by molar-refractivity contribution is 7.90. The Balaban J connectivity index is 1.92. The lowest BCUT2D eigenvalue weighted by atomic mass is 9.95. The summed E-state index contributed by atoms with van der Waals surface area (Å²) in [5.41, 5.74) is 1.96. The van der Waals surface area contributed by atoms with Gasteiger partial charge >= 0.3 is 10.2 Å². The van der Waals surface area contributed by atoms with Gasteiger partial charge in [-0.25, -0.2) is 8.70 Å². The first-order chi connectivity index (χ1) is 17.5. The minimum atomic E-state index is -4.09. The molecule has 0 bridgehead atoms. The summed E-state index contributed by atoms with van der Waals surface area (Å²) >= 11 is 0. The average Bonchev–Trinajstić information content (AvgIpc) is 2.87. The Morgan fingerprint density at radius 1 is 1.03 bits per heavy atom. The van der Waals surface area contributed by atoms with Crippen molar-refractivity contribution in [3.05, 3.63) is 65.5 Å². The van der Waals surface area contributed by atoms with E-state index in [0.29, 0.717) is 0 Å². The molecule has 0 radical (unpaired) electrons. The second-order valence-electron chi connectivity index (χ2n) is 9.74. The molecule has 1 fully saturated rings. The first kappa shape index (κ1) is 28.6. The smallest absolute Gasteiger partial charge is 0.304 e. The second kappa shape index (κ2) is 12.5. The fraction of sp³-hybridized carbons (Fsp3) is 0.481. The molecule has 0 aromatic heterocycles. The molecular weight excluding hydrogens is 495 g/mol. The summed E-state index contributed by atoms with van der Waals surface area (Å²) in [7, 11) is -1.36. The summed E-state index contributed by atoms with van der Waals surface area (Å²) in [5.74, 6) is -1.33. The summed E-state index contributed by atoms with van der Waals surface area (Å²) in [4.78, 5) is 28.4. The van der Waals surface area contributed by atoms with Crippen LogP contribution in [0.2, 0.25) is 0 Å². The van der Waals surface area contributed by atoms with E-state index in [1.165, 1.54) is 31.1 Å². The molecule has 1 aliphatic rings. The molecule has 0 aliphatic heterocycles. The number of hydrogen-bond donors (Lipinski definition) is 1. The van der Waals surface area contributed by atoms with Crippen molar-refractivity contribution in [1.29, 1.82) is 0 Å². The van der Waals surface area contributed by atoms with Crippen LogP contribution in [0.5, 0.6) is 0 Å². The van der Waals surface area contributed by atoms with E-state index in [0.717, 1.165) is 64.0 Å². The van der Waals surface area contributed by atoms with Crippen LogP contribution in [-0.2, 0) is 26.3 Å². The van der Waals surface area contributed by atoms with Crippen molar-refractivity contribution in [1.82, 2.24) is 14.5 Å². The fourth-order valence-electron chi connectivity index (χ4n) is 4.45. The van der Waals surface area contributed by atoms with Crippen molar-refractivity contribution in [2.75, 3.05) is 24.9 Å². The molecular formula is C27H37FN4O4S. The maximum absolute atomic E-state index is 13.8. The highest BCUT2D eigenvalue weighted by Gasteiger charge is 2.33. The summed E-state index contributed by atoms with van der Waals surface area (Å²) in [5, 5.41) is 3.08. The van der Waals surface area contributed by atoms with Crippen LogP contribution in [0.3, 0.4) is 0 Å². The largest absolute Gasteiger partial charge is 0.352 e. The van der Waals surface area contributed by atoms with E-state index in [4.69, 9.17) is 0 Å². The lowest BCUT2D eigenvalue weighted by Gasteiger charge is -2.34. The number of halogens is 1. The van der Waals surface area contributed by atoms with Gasteiger partial charge in [-0.1, -0.05) is 43.5 Å². The van der Waals surface area contributed by atoms with Gasteiger partial charge in [0, 0.05) is 26.7 Å². The molecule has 1 N–H and O–H groups in total. The monoisotopic (exact) mass is 532 g/mol. The first-order valence-corrected chi connectivity index (χ1v) is 14.0. The van der Waals surface area contributed by atoms with Gasteiger partial charge < -0.3 is 10.2 Å². The summed E-state index contributed by atoms with van der Waals surface area (Å²) in [6.45, 7) is 3.19. The van der Waals surface area contributed by atoms with Crippen LogP contribution in [0, 0.1) is 12.7 Å². The highest BCUT2D eigenvalue weighted by Crippen LogP contribution is 2.22. The van der Waals surface area contributed by atoms with E-state index in [1.807, 2.05) is 31.2 Å². The number of aryl methyl sites for hydroxylation is 1. The zero-order valence-corrected chi connectivity index (χ0v) is 22.8. The Hall–Kier alpha value is -2.98. The molecule has 2 aromatic carbocycles. The Kier molecular flexibility index (Phi) is 9.67. The summed E-state index contributed by atoms with van der Waals surface area (Å²) in [6.07, 6.45) is 5.08. The van der Waals surface area contributed by atoms with Crippen LogP contribution in [0.15, 0.2) is 48.5 Å². The van der Waals surface area contributed by atoms with Crippen molar-refractivity contribution in [3.8, 4) is 0 Å². The van der Waals surface area contributed by atoms with Gasteiger partial charge in [-0.05, 0) is 62.1 Å². The van der Waals surface area contributed by atoms with Crippen molar-refractivity contribution in [2.45, 2.75) is 64.6 Å². The molecule has 1 atom stereocenters. The van der Waals surface area contributed by atoms with Crippen LogP contribution in [0.25, 0.3) is 0 Å². The normalized spacial score (nSPS) is 15.3. The number of anilines is 1. The van der Waals surface area contributed by atoms with Crippen LogP contribution in [-0.4, -0.2) is 62.2 Å². The summed E-state index contributed by atoms with van der Waals surface area (Å²) in [6, 6.07) is 11.7. The molecule has 1 unspecified atom stereocenters. The van der Waals surface area contributed by atoms with E-state index in [2.05, 4.69) is 5.32 Å². The first-order valence-electron chi connectivity index (χ1n) is 12.6. The molecule has 2 aromatic rings. The topological polar surface area (TPSA) is 90.0 Å². The van der Waals surface area contributed by atoms with E-state index in [-0.39, 0.29) is 24.2 Å². The number of carbonyl (C=O) groups is 2. The quantitative estimate of drug-likeness (QED) is 0.506. The van der Waals surface area contributed by atoms with Gasteiger partial charge in [0.15, 0.2) is 0 Å². The average molecular weight is 533 g/mol. The predicted molar refractivity (Wildman–Crippen MR) is 143 cm³/mol. The predicted octanol–water partition coefficient (Wildman–Crippen LogP) is 3.61. The van der Waals surface area contributed by atoms with Crippen LogP contribution in [0.4, 0.5) is 10.1 Å². The van der Waals surface area contributed by atoms with Crippen LogP contribution in [0.1, 0.15) is 50.2 Å². The molecule has 3 rings (SSSR count). The number of hydrogen-bond acceptors (Lipinski definition) is 4. The van der Waals surface area contributed by atoms with Crippen molar-refractivity contribution in [3.63, 3.8) is 0 Å². The van der Waals surface area contributed by atoms with Gasteiger partial charge in [0.05, 0.1) is 5.69 Å². The van der Waals surface area contributed by atoms with Gasteiger partial charge in [-0.15, -0.1) is 0 Å². The fourth-order valence-corrected chi connectivity index (χ4v) is 5.50. The zero-order valence-electron chi connectivity index (χ0n) is 22.0. The minimum Gasteiger partial charge on any atom is -0.352 e. The van der Waals surface area contributed by atoms with E-state index >= 15 is 0 Å². The van der Waals surface area contributed by atoms with E-state index < -0.39 is 34.5 Å². The molecule has 0 heterocycles. The maximum atomic E-state index is 13.8. The molecule has 1 saturated carbocycles. The Morgan fingerprint density at radius 3 is 2.24 bits per heavy atom. The zero-order chi connectivity index (χ0) is 27.2. The number of nitrogens with one attached hydrogen (secondary N) is 1.